The van der Waals surface area contributed by atoms with Crippen LogP contribution >= 0.6 is 11.8 Å². The Hall–Kier alpha value is -3.20. The van der Waals surface area contributed by atoms with E-state index in [-0.39, 0.29) is 23.8 Å². The molecule has 2 N–H and O–H groups in total. The highest BCUT2D eigenvalue weighted by molar-refractivity contribution is 7.99. The monoisotopic (exact) mass is 413 g/mol. The van der Waals surface area contributed by atoms with Crippen LogP contribution in [0.1, 0.15) is 11.4 Å². The van der Waals surface area contributed by atoms with Crippen LogP contribution in [-0.2, 0) is 23.1 Å². The van der Waals surface area contributed by atoms with E-state index < -0.39 is 11.7 Å². The molecule has 0 unspecified atom stereocenters. The number of para-hydroxylation sites is 2. The molecular weight excluding hydrogens is 393 g/mol. The Bertz CT molecular complexity index is 1040. The first-order valence-electron chi connectivity index (χ1n) is 8.85. The Balaban J connectivity index is 1.55. The second-order valence-electron chi connectivity index (χ2n) is 6.31. The number of hydrogen-bond donors (Lipinski definition) is 2. The van der Waals surface area contributed by atoms with Crippen LogP contribution in [0.25, 0.3) is 0 Å². The smallest absolute Gasteiger partial charge is 0.234 e. The van der Waals surface area contributed by atoms with E-state index in [4.69, 9.17) is 0 Å². The zero-order chi connectivity index (χ0) is 20.8. The van der Waals surface area contributed by atoms with Gasteiger partial charge in [0.15, 0.2) is 5.16 Å². The number of carbonyl (C=O) groups is 2. The fraction of sp³-hybridized carbons (Fsp3) is 0.200. The largest absolute Gasteiger partial charge is 0.325 e. The molecule has 0 radical (unpaired) electrons. The van der Waals surface area contributed by atoms with E-state index in [1.54, 1.807) is 23.7 Å². The highest BCUT2D eigenvalue weighted by Crippen LogP contribution is 2.18. The molecule has 2 aromatic carbocycles. The average molecular weight is 413 g/mol. The number of nitrogens with one attached hydrogen (secondary N) is 2. The van der Waals surface area contributed by atoms with Gasteiger partial charge in [0, 0.05) is 12.7 Å². The van der Waals surface area contributed by atoms with Crippen molar-refractivity contribution >= 4 is 35.0 Å². The van der Waals surface area contributed by atoms with Crippen molar-refractivity contribution in [1.29, 1.82) is 0 Å². The number of carbonyl (C=O) groups excluding carboxylic acids is 2. The Labute approximate surface area is 171 Å². The molecule has 1 heterocycles. The first kappa shape index (κ1) is 20.5. The standard InChI is InChI=1S/C20H20FN5O2S/c1-13-7-3-5-9-15(13)22-19(28)12-29-20-25-24-17(26(20)2)11-18(27)23-16-10-6-4-8-14(16)21/h3-10H,11-12H2,1-2H3,(H,22,28)(H,23,27). The van der Waals surface area contributed by atoms with Crippen molar-refractivity contribution < 1.29 is 14.0 Å². The predicted octanol–water partition coefficient (Wildman–Crippen LogP) is 3.17. The van der Waals surface area contributed by atoms with Gasteiger partial charge in [-0.05, 0) is 30.7 Å². The quantitative estimate of drug-likeness (QED) is 0.581. The number of rotatable bonds is 7. The highest BCUT2D eigenvalue weighted by atomic mass is 32.2. The van der Waals surface area contributed by atoms with Gasteiger partial charge in [-0.2, -0.15) is 0 Å². The number of aromatic nitrogens is 3. The highest BCUT2D eigenvalue weighted by Gasteiger charge is 2.15. The zero-order valence-corrected chi connectivity index (χ0v) is 16.8. The first-order chi connectivity index (χ1) is 13.9. The van der Waals surface area contributed by atoms with Crippen LogP contribution in [0.15, 0.2) is 53.7 Å². The van der Waals surface area contributed by atoms with Crippen LogP contribution in [0.3, 0.4) is 0 Å². The maximum absolute atomic E-state index is 13.6. The molecule has 29 heavy (non-hydrogen) atoms. The number of anilines is 2. The summed E-state index contributed by atoms with van der Waals surface area (Å²) >= 11 is 1.22. The van der Waals surface area contributed by atoms with Gasteiger partial charge in [-0.1, -0.05) is 42.1 Å². The van der Waals surface area contributed by atoms with Gasteiger partial charge in [0.2, 0.25) is 11.8 Å². The van der Waals surface area contributed by atoms with E-state index in [0.29, 0.717) is 11.0 Å². The van der Waals surface area contributed by atoms with Crippen LogP contribution in [0.2, 0.25) is 0 Å². The fourth-order valence-corrected chi connectivity index (χ4v) is 3.28. The van der Waals surface area contributed by atoms with Crippen LogP contribution in [0.5, 0.6) is 0 Å². The number of aryl methyl sites for hydroxylation is 1. The summed E-state index contributed by atoms with van der Waals surface area (Å²) in [7, 11) is 1.72. The van der Waals surface area contributed by atoms with E-state index in [2.05, 4.69) is 20.8 Å². The number of benzene rings is 2. The molecule has 0 aliphatic heterocycles. The summed E-state index contributed by atoms with van der Waals surface area (Å²) in [6.45, 7) is 1.92. The second-order valence-corrected chi connectivity index (χ2v) is 7.26. The first-order valence-corrected chi connectivity index (χ1v) is 9.83. The lowest BCUT2D eigenvalue weighted by molar-refractivity contribution is -0.116. The summed E-state index contributed by atoms with van der Waals surface area (Å²) in [5.74, 6) is -0.497. The molecule has 3 aromatic rings. The second kappa shape index (κ2) is 9.33. The molecule has 0 saturated carbocycles. The molecular formula is C20H20FN5O2S. The number of halogens is 1. The van der Waals surface area contributed by atoms with Gasteiger partial charge in [0.1, 0.15) is 11.6 Å². The van der Waals surface area contributed by atoms with Gasteiger partial charge >= 0.3 is 0 Å². The van der Waals surface area contributed by atoms with Crippen LogP contribution in [0, 0.1) is 12.7 Å². The van der Waals surface area contributed by atoms with Crippen molar-refractivity contribution in [3.63, 3.8) is 0 Å². The van der Waals surface area contributed by atoms with Crippen LogP contribution in [0.4, 0.5) is 15.8 Å². The topological polar surface area (TPSA) is 88.9 Å². The predicted molar refractivity (Wildman–Crippen MR) is 110 cm³/mol. The normalized spacial score (nSPS) is 10.6. The Morgan fingerprint density at radius 1 is 1.00 bits per heavy atom. The fourth-order valence-electron chi connectivity index (χ4n) is 2.55. The summed E-state index contributed by atoms with van der Waals surface area (Å²) in [5.41, 5.74) is 1.86. The molecule has 0 spiro atoms. The summed E-state index contributed by atoms with van der Waals surface area (Å²) in [6.07, 6.45) is -0.0617. The number of nitrogens with zero attached hydrogens (tertiary/aromatic N) is 3. The summed E-state index contributed by atoms with van der Waals surface area (Å²) in [5, 5.41) is 13.9. The van der Waals surface area contributed by atoms with Gasteiger partial charge in [0.25, 0.3) is 0 Å². The molecule has 0 fully saturated rings. The Morgan fingerprint density at radius 3 is 2.38 bits per heavy atom. The SMILES string of the molecule is Cc1ccccc1NC(=O)CSc1nnc(CC(=O)Nc2ccccc2F)n1C. The minimum atomic E-state index is -0.505. The van der Waals surface area contributed by atoms with E-state index in [1.165, 1.54) is 23.9 Å². The van der Waals surface area contributed by atoms with Crippen molar-refractivity contribution in [2.45, 2.75) is 18.5 Å². The molecule has 7 nitrogen and oxygen atoms in total. The molecule has 0 aliphatic rings. The van der Waals surface area contributed by atoms with Gasteiger partial charge in [-0.25, -0.2) is 4.39 Å². The van der Waals surface area contributed by atoms with Crippen LogP contribution < -0.4 is 10.6 Å². The molecule has 9 heteroatoms. The molecule has 0 atom stereocenters. The van der Waals surface area contributed by atoms with Crippen molar-refractivity contribution in [3.05, 3.63) is 65.7 Å². The average Bonchev–Trinajstić information content (AvgIpc) is 3.03. The molecule has 150 valence electrons. The third-order valence-corrected chi connectivity index (χ3v) is 5.16. The van der Waals surface area contributed by atoms with Gasteiger partial charge < -0.3 is 15.2 Å². The van der Waals surface area contributed by atoms with E-state index in [9.17, 15) is 14.0 Å². The summed E-state index contributed by atoms with van der Waals surface area (Å²) in [4.78, 5) is 24.3. The zero-order valence-electron chi connectivity index (χ0n) is 16.0. The van der Waals surface area contributed by atoms with Crippen molar-refractivity contribution in [3.8, 4) is 0 Å². The van der Waals surface area contributed by atoms with Gasteiger partial charge in [0.05, 0.1) is 17.9 Å². The molecule has 0 saturated heterocycles. The minimum absolute atomic E-state index is 0.0617. The Kier molecular flexibility index (Phi) is 6.61. The lowest BCUT2D eigenvalue weighted by Gasteiger charge is -2.08. The lowest BCUT2D eigenvalue weighted by atomic mass is 10.2. The maximum Gasteiger partial charge on any atom is 0.234 e. The third kappa shape index (κ3) is 5.41. The summed E-state index contributed by atoms with van der Waals surface area (Å²) in [6, 6.07) is 13.5. The van der Waals surface area contributed by atoms with Crippen LogP contribution in [-0.4, -0.2) is 32.3 Å². The minimum Gasteiger partial charge on any atom is -0.325 e. The number of thioether (sulfide) groups is 1. The van der Waals surface area contributed by atoms with Crippen molar-refractivity contribution in [2.24, 2.45) is 7.05 Å². The molecule has 0 bridgehead atoms. The number of amides is 2. The van der Waals surface area contributed by atoms with E-state index in [0.717, 1.165) is 11.3 Å². The lowest BCUT2D eigenvalue weighted by Crippen LogP contribution is -2.18. The van der Waals surface area contributed by atoms with E-state index >= 15 is 0 Å². The number of hydrogen-bond acceptors (Lipinski definition) is 5. The molecule has 0 aliphatic carbocycles. The van der Waals surface area contributed by atoms with Gasteiger partial charge in [-0.15, -0.1) is 10.2 Å². The Morgan fingerprint density at radius 2 is 1.66 bits per heavy atom. The molecule has 3 rings (SSSR count). The molecule has 2 amide bonds. The summed E-state index contributed by atoms with van der Waals surface area (Å²) < 4.78 is 15.3. The van der Waals surface area contributed by atoms with Gasteiger partial charge in [-0.3, -0.25) is 9.59 Å². The molecule has 1 aromatic heterocycles. The van der Waals surface area contributed by atoms with E-state index in [1.807, 2.05) is 31.2 Å². The van der Waals surface area contributed by atoms with Crippen molar-refractivity contribution in [1.82, 2.24) is 14.8 Å². The van der Waals surface area contributed by atoms with Crippen molar-refractivity contribution in [2.75, 3.05) is 16.4 Å². The third-order valence-electron chi connectivity index (χ3n) is 4.14. The maximum atomic E-state index is 13.6.